The van der Waals surface area contributed by atoms with Crippen LogP contribution in [0.1, 0.15) is 187 Å². The Bertz CT molecular complexity index is 667. The highest BCUT2D eigenvalue weighted by molar-refractivity contribution is 7.47. The summed E-state index contributed by atoms with van der Waals surface area (Å²) in [4.78, 5) is 22.3. The number of unbranched alkanes of at least 4 members (excludes halogenated alkanes) is 24. The van der Waals surface area contributed by atoms with Gasteiger partial charge in [-0.25, -0.2) is 4.57 Å². The van der Waals surface area contributed by atoms with Crippen LogP contribution >= 0.6 is 7.82 Å². The molecule has 0 heterocycles. The highest BCUT2D eigenvalue weighted by Crippen LogP contribution is 2.43. The lowest BCUT2D eigenvalue weighted by atomic mass is 10.0. The van der Waals surface area contributed by atoms with Crippen LogP contribution in [0.15, 0.2) is 0 Å². The van der Waals surface area contributed by atoms with Gasteiger partial charge in [0.05, 0.1) is 19.8 Å². The summed E-state index contributed by atoms with van der Waals surface area (Å²) in [5, 5.41) is 0. The molecule has 0 radical (unpaired) electrons. The number of phosphoric ester groups is 1. The number of hydrogen-bond acceptors (Lipinski definition) is 7. The monoisotopic (exact) mass is 664 g/mol. The first kappa shape index (κ1) is 44.5. The molecule has 2 atom stereocenters. The second kappa shape index (κ2) is 34.8. The van der Waals surface area contributed by atoms with Crippen molar-refractivity contribution in [3.8, 4) is 0 Å². The van der Waals surface area contributed by atoms with Crippen LogP contribution in [0.4, 0.5) is 0 Å². The fourth-order valence-electron chi connectivity index (χ4n) is 5.47. The minimum absolute atomic E-state index is 0.0905. The van der Waals surface area contributed by atoms with Crippen LogP contribution in [0.3, 0.4) is 0 Å². The first-order valence-corrected chi connectivity index (χ1v) is 20.5. The van der Waals surface area contributed by atoms with Crippen LogP contribution < -0.4 is 5.73 Å². The molecule has 0 saturated carbocycles. The number of carbonyl (C=O) groups is 1. The van der Waals surface area contributed by atoms with Crippen LogP contribution in [0.25, 0.3) is 0 Å². The second-order valence-electron chi connectivity index (χ2n) is 12.8. The van der Waals surface area contributed by atoms with Crippen molar-refractivity contribution in [2.75, 3.05) is 33.0 Å². The number of carbonyl (C=O) groups excluding carboxylic acids is 1. The van der Waals surface area contributed by atoms with Gasteiger partial charge < -0.3 is 20.1 Å². The molecule has 0 aromatic heterocycles. The van der Waals surface area contributed by atoms with E-state index in [1.807, 2.05) is 0 Å². The molecule has 0 amide bonds. The summed E-state index contributed by atoms with van der Waals surface area (Å²) in [6.45, 7) is 4.95. The minimum Gasteiger partial charge on any atom is -0.457 e. The highest BCUT2D eigenvalue weighted by Gasteiger charge is 2.25. The number of nitrogens with two attached hydrogens (primary N) is 1. The third-order valence-corrected chi connectivity index (χ3v) is 9.26. The van der Waals surface area contributed by atoms with Gasteiger partial charge in [0.2, 0.25) is 0 Å². The smallest absolute Gasteiger partial charge is 0.457 e. The minimum atomic E-state index is -4.26. The predicted molar refractivity (Wildman–Crippen MR) is 187 cm³/mol. The van der Waals surface area contributed by atoms with Crippen molar-refractivity contribution in [2.45, 2.75) is 193 Å². The molecular weight excluding hydrogens is 589 g/mol. The molecule has 270 valence electrons. The molecule has 0 spiro atoms. The SMILES string of the molecule is CCCCCCCCCCCCCCCCC(=O)OC(COCCCCCCCCCCCCCC)COP(=O)(O)OCCN. The maximum atomic E-state index is 12.5. The van der Waals surface area contributed by atoms with Crippen molar-refractivity contribution >= 4 is 13.8 Å². The van der Waals surface area contributed by atoms with Gasteiger partial charge in [0.15, 0.2) is 0 Å². The summed E-state index contributed by atoms with van der Waals surface area (Å²) in [7, 11) is -4.26. The fraction of sp³-hybridized carbons (Fsp3) is 0.972. The van der Waals surface area contributed by atoms with Crippen molar-refractivity contribution in [3.63, 3.8) is 0 Å². The zero-order valence-corrected chi connectivity index (χ0v) is 30.5. The lowest BCUT2D eigenvalue weighted by Gasteiger charge is -2.20. The Morgan fingerprint density at radius 1 is 0.578 bits per heavy atom. The Morgan fingerprint density at radius 3 is 1.40 bits per heavy atom. The van der Waals surface area contributed by atoms with E-state index in [-0.39, 0.29) is 32.3 Å². The molecule has 0 bridgehead atoms. The standard InChI is InChI=1S/C36H74NO7P/c1-3-5-7-9-11-13-15-17-18-19-21-23-25-27-29-36(38)44-35(34-43-45(39,40)42-32-30-37)33-41-31-28-26-24-22-20-16-14-12-10-8-6-4-2/h35H,3-34,37H2,1-2H3,(H,39,40). The topological polar surface area (TPSA) is 117 Å². The fourth-order valence-corrected chi connectivity index (χ4v) is 6.23. The Kier molecular flexibility index (Phi) is 34.4. The van der Waals surface area contributed by atoms with E-state index in [0.29, 0.717) is 13.0 Å². The zero-order chi connectivity index (χ0) is 33.1. The van der Waals surface area contributed by atoms with Crippen LogP contribution in [0.2, 0.25) is 0 Å². The summed E-state index contributed by atoms with van der Waals surface area (Å²) in [6.07, 6.45) is 32.5. The van der Waals surface area contributed by atoms with Crippen molar-refractivity contribution < 1.29 is 32.8 Å². The van der Waals surface area contributed by atoms with Gasteiger partial charge in [0.25, 0.3) is 0 Å². The predicted octanol–water partition coefficient (Wildman–Crippen LogP) is 10.6. The summed E-state index contributed by atoms with van der Waals surface area (Å²) in [6, 6.07) is 0. The van der Waals surface area contributed by atoms with Crippen molar-refractivity contribution in [1.29, 1.82) is 0 Å². The van der Waals surface area contributed by atoms with Crippen molar-refractivity contribution in [3.05, 3.63) is 0 Å². The van der Waals surface area contributed by atoms with Crippen molar-refractivity contribution in [2.24, 2.45) is 5.73 Å². The molecule has 0 aliphatic rings. The van der Waals surface area contributed by atoms with E-state index in [4.69, 9.17) is 24.3 Å². The van der Waals surface area contributed by atoms with Gasteiger partial charge in [-0.2, -0.15) is 0 Å². The van der Waals surface area contributed by atoms with E-state index in [1.165, 1.54) is 135 Å². The van der Waals surface area contributed by atoms with Gasteiger partial charge >= 0.3 is 13.8 Å². The van der Waals surface area contributed by atoms with Crippen molar-refractivity contribution in [1.82, 2.24) is 0 Å². The van der Waals surface area contributed by atoms with Gasteiger partial charge in [0.1, 0.15) is 6.10 Å². The highest BCUT2D eigenvalue weighted by atomic mass is 31.2. The Balaban J connectivity index is 4.05. The first-order valence-electron chi connectivity index (χ1n) is 19.0. The maximum Gasteiger partial charge on any atom is 0.472 e. The van der Waals surface area contributed by atoms with Crippen LogP contribution in [0, 0.1) is 0 Å². The molecule has 0 aromatic carbocycles. The van der Waals surface area contributed by atoms with Gasteiger partial charge in [-0.1, -0.05) is 168 Å². The molecule has 45 heavy (non-hydrogen) atoms. The van der Waals surface area contributed by atoms with Crippen LogP contribution in [-0.4, -0.2) is 49.9 Å². The Morgan fingerprint density at radius 2 is 0.978 bits per heavy atom. The largest absolute Gasteiger partial charge is 0.472 e. The van der Waals surface area contributed by atoms with E-state index in [0.717, 1.165) is 32.1 Å². The Labute approximate surface area is 278 Å². The molecule has 2 unspecified atom stereocenters. The number of phosphoric acid groups is 1. The van der Waals surface area contributed by atoms with E-state index in [1.54, 1.807) is 0 Å². The molecule has 0 fully saturated rings. The normalized spacial score (nSPS) is 13.6. The maximum absolute atomic E-state index is 12.5. The van der Waals surface area contributed by atoms with E-state index >= 15 is 0 Å². The summed E-state index contributed by atoms with van der Waals surface area (Å²) >= 11 is 0. The van der Waals surface area contributed by atoms with Gasteiger partial charge in [-0.05, 0) is 12.8 Å². The number of ether oxygens (including phenoxy) is 2. The van der Waals surface area contributed by atoms with Gasteiger partial charge in [-0.15, -0.1) is 0 Å². The van der Waals surface area contributed by atoms with E-state index < -0.39 is 13.9 Å². The average Bonchev–Trinajstić information content (AvgIpc) is 3.02. The number of hydrogen-bond donors (Lipinski definition) is 2. The Hall–Kier alpha value is -0.500. The molecule has 0 aliphatic heterocycles. The van der Waals surface area contributed by atoms with Gasteiger partial charge in [0, 0.05) is 19.6 Å². The molecule has 8 nitrogen and oxygen atoms in total. The lowest BCUT2D eigenvalue weighted by molar-refractivity contribution is -0.154. The number of esters is 1. The van der Waals surface area contributed by atoms with E-state index in [9.17, 15) is 14.3 Å². The lowest BCUT2D eigenvalue weighted by Crippen LogP contribution is -2.28. The molecule has 3 N–H and O–H groups in total. The van der Waals surface area contributed by atoms with E-state index in [2.05, 4.69) is 13.8 Å². The summed E-state index contributed by atoms with van der Waals surface area (Å²) < 4.78 is 33.3. The molecule has 0 aromatic rings. The molecular formula is C36H74NO7P. The summed E-state index contributed by atoms with van der Waals surface area (Å²) in [5.74, 6) is -0.327. The zero-order valence-electron chi connectivity index (χ0n) is 29.6. The molecule has 0 saturated heterocycles. The third-order valence-electron chi connectivity index (χ3n) is 8.27. The molecule has 9 heteroatoms. The first-order chi connectivity index (χ1) is 21.9. The second-order valence-corrected chi connectivity index (χ2v) is 14.3. The summed E-state index contributed by atoms with van der Waals surface area (Å²) in [5.41, 5.74) is 5.35. The number of rotatable bonds is 37. The molecule has 0 rings (SSSR count). The van der Waals surface area contributed by atoms with Crippen LogP contribution in [0.5, 0.6) is 0 Å². The van der Waals surface area contributed by atoms with Gasteiger partial charge in [-0.3, -0.25) is 13.8 Å². The molecule has 0 aliphatic carbocycles. The van der Waals surface area contributed by atoms with Crippen LogP contribution in [-0.2, 0) is 27.9 Å². The third kappa shape index (κ3) is 34.6. The average molecular weight is 664 g/mol. The quantitative estimate of drug-likeness (QED) is 0.0383.